The molecule has 1 saturated heterocycles. The summed E-state index contributed by atoms with van der Waals surface area (Å²) in [5.74, 6) is 0.301. The number of nitriles is 1. The van der Waals surface area contributed by atoms with Crippen LogP contribution in [0.5, 0.6) is 11.5 Å². The van der Waals surface area contributed by atoms with Crippen LogP contribution >= 0.6 is 0 Å². The number of aromatic nitrogens is 1. The third-order valence-electron chi connectivity index (χ3n) is 5.55. The number of hydrogen-bond acceptors (Lipinski definition) is 6. The fourth-order valence-electron chi connectivity index (χ4n) is 4.12. The summed E-state index contributed by atoms with van der Waals surface area (Å²) < 4.78 is 18.6. The lowest BCUT2D eigenvalue weighted by Gasteiger charge is -2.28. The van der Waals surface area contributed by atoms with Crippen LogP contribution in [0, 0.1) is 18.3 Å². The molecule has 3 heterocycles. The molecular weight excluding hydrogens is 370 g/mol. The predicted octanol–water partition coefficient (Wildman–Crippen LogP) is 2.56. The third kappa shape index (κ3) is 3.26. The Hall–Kier alpha value is -3.24. The fraction of sp³-hybridized carbons (Fsp3) is 0.364. The van der Waals surface area contributed by atoms with E-state index in [0.717, 1.165) is 18.5 Å². The Morgan fingerprint density at radius 1 is 1.38 bits per heavy atom. The second-order valence-corrected chi connectivity index (χ2v) is 7.28. The predicted molar refractivity (Wildman–Crippen MR) is 107 cm³/mol. The molecule has 2 atom stereocenters. The summed E-state index contributed by atoms with van der Waals surface area (Å²) in [5.41, 5.74) is 7.91. The van der Waals surface area contributed by atoms with Gasteiger partial charge in [0.05, 0.1) is 31.2 Å². The molecule has 0 saturated carbocycles. The van der Waals surface area contributed by atoms with Gasteiger partial charge in [0.15, 0.2) is 0 Å². The number of pyridine rings is 1. The first-order valence-electron chi connectivity index (χ1n) is 9.61. The van der Waals surface area contributed by atoms with Crippen LogP contribution in [0.25, 0.3) is 0 Å². The summed E-state index contributed by atoms with van der Waals surface area (Å²) in [4.78, 5) is 13.6. The van der Waals surface area contributed by atoms with Crippen molar-refractivity contribution in [1.29, 1.82) is 5.26 Å². The maximum Gasteiger partial charge on any atom is 0.258 e. The van der Waals surface area contributed by atoms with Crippen LogP contribution in [0.3, 0.4) is 0 Å². The summed E-state index contributed by atoms with van der Waals surface area (Å²) in [7, 11) is 1.56. The van der Waals surface area contributed by atoms with Gasteiger partial charge in [-0.05, 0) is 25.8 Å². The van der Waals surface area contributed by atoms with E-state index >= 15 is 0 Å². The largest absolute Gasteiger partial charge is 0.496 e. The van der Waals surface area contributed by atoms with Crippen molar-refractivity contribution in [1.82, 2.24) is 4.57 Å². The van der Waals surface area contributed by atoms with E-state index in [2.05, 4.69) is 6.07 Å². The van der Waals surface area contributed by atoms with Crippen LogP contribution < -0.4 is 20.8 Å². The van der Waals surface area contributed by atoms with E-state index in [1.807, 2.05) is 25.1 Å². The van der Waals surface area contributed by atoms with E-state index in [1.165, 1.54) is 0 Å². The molecule has 1 aromatic heterocycles. The highest BCUT2D eigenvalue weighted by atomic mass is 16.5. The Morgan fingerprint density at radius 3 is 2.86 bits per heavy atom. The van der Waals surface area contributed by atoms with Gasteiger partial charge in [-0.3, -0.25) is 4.79 Å². The summed E-state index contributed by atoms with van der Waals surface area (Å²) in [5, 5.41) is 9.79. The van der Waals surface area contributed by atoms with E-state index in [0.29, 0.717) is 35.8 Å². The van der Waals surface area contributed by atoms with Crippen molar-refractivity contribution in [2.45, 2.75) is 38.3 Å². The first kappa shape index (κ1) is 19.1. The summed E-state index contributed by atoms with van der Waals surface area (Å²) in [6.07, 6.45) is 1.93. The average Bonchev–Trinajstić information content (AvgIpc) is 3.23. The monoisotopic (exact) mass is 393 g/mol. The molecule has 1 aromatic carbocycles. The molecule has 0 bridgehead atoms. The molecule has 0 unspecified atom stereocenters. The summed E-state index contributed by atoms with van der Waals surface area (Å²) >= 11 is 0. The normalized spacial score (nSPS) is 20.7. The molecule has 2 N–H and O–H groups in total. The van der Waals surface area contributed by atoms with Crippen LogP contribution in [0.15, 0.2) is 46.6 Å². The number of ether oxygens (including phenoxy) is 3. The first-order valence-corrected chi connectivity index (χ1v) is 9.61. The van der Waals surface area contributed by atoms with Crippen LogP contribution in [0.4, 0.5) is 0 Å². The molecule has 29 heavy (non-hydrogen) atoms. The molecular formula is C22H23N3O4. The lowest BCUT2D eigenvalue weighted by molar-refractivity contribution is 0.0954. The van der Waals surface area contributed by atoms with Gasteiger partial charge in [-0.1, -0.05) is 18.2 Å². The number of para-hydroxylation sites is 1. The molecule has 2 aliphatic rings. The lowest BCUT2D eigenvalue weighted by Crippen LogP contribution is -2.35. The zero-order valence-electron chi connectivity index (χ0n) is 16.5. The average molecular weight is 393 g/mol. The van der Waals surface area contributed by atoms with E-state index < -0.39 is 5.92 Å². The highest BCUT2D eigenvalue weighted by Crippen LogP contribution is 2.43. The van der Waals surface area contributed by atoms with Crippen LogP contribution in [-0.2, 0) is 11.3 Å². The second kappa shape index (κ2) is 7.64. The summed E-state index contributed by atoms with van der Waals surface area (Å²) in [6, 6.07) is 11.3. The fourth-order valence-corrected chi connectivity index (χ4v) is 4.12. The van der Waals surface area contributed by atoms with Crippen molar-refractivity contribution in [3.8, 4) is 17.6 Å². The minimum absolute atomic E-state index is 0.00609. The van der Waals surface area contributed by atoms with Crippen molar-refractivity contribution in [2.24, 2.45) is 5.73 Å². The maximum atomic E-state index is 13.6. The van der Waals surface area contributed by atoms with Gasteiger partial charge in [-0.25, -0.2) is 0 Å². The van der Waals surface area contributed by atoms with Gasteiger partial charge < -0.3 is 24.5 Å². The van der Waals surface area contributed by atoms with Crippen molar-refractivity contribution in [2.75, 3.05) is 13.7 Å². The Morgan fingerprint density at radius 2 is 2.17 bits per heavy atom. The number of allylic oxidation sites excluding steroid dienone is 1. The minimum atomic E-state index is -0.663. The minimum Gasteiger partial charge on any atom is -0.496 e. The molecule has 1 fully saturated rings. The number of rotatable bonds is 4. The van der Waals surface area contributed by atoms with Crippen molar-refractivity contribution in [3.63, 3.8) is 0 Å². The van der Waals surface area contributed by atoms with Gasteiger partial charge in [-0.15, -0.1) is 0 Å². The van der Waals surface area contributed by atoms with E-state index in [9.17, 15) is 10.1 Å². The molecule has 0 spiro atoms. The molecule has 0 amide bonds. The molecule has 0 radical (unpaired) electrons. The van der Waals surface area contributed by atoms with Crippen molar-refractivity contribution < 1.29 is 14.2 Å². The van der Waals surface area contributed by atoms with Crippen LogP contribution in [0.1, 0.15) is 35.6 Å². The van der Waals surface area contributed by atoms with Crippen LogP contribution in [-0.4, -0.2) is 24.4 Å². The Balaban J connectivity index is 1.92. The van der Waals surface area contributed by atoms with Gasteiger partial charge in [0.25, 0.3) is 5.56 Å². The number of nitrogens with two attached hydrogens (primary N) is 1. The standard InChI is InChI=1S/C22H23N3O4/c1-13-10-18-20(22(26)25(13)12-14-6-5-9-28-14)19(16(11-23)21(24)29-18)15-7-3-4-8-17(15)27-2/h3-4,7-8,10,14,19H,5-6,9,12,24H2,1-2H3/t14-,19+/m0/s1. The molecule has 7 nitrogen and oxygen atoms in total. The SMILES string of the molecule is COc1ccccc1[C@@H]1C(C#N)=C(N)Oc2cc(C)n(C[C@@H]3CCCO3)c(=O)c21. The van der Waals surface area contributed by atoms with Crippen LogP contribution in [0.2, 0.25) is 0 Å². The van der Waals surface area contributed by atoms with Gasteiger partial charge in [0.1, 0.15) is 23.1 Å². The summed E-state index contributed by atoms with van der Waals surface area (Å²) in [6.45, 7) is 3.05. The molecule has 150 valence electrons. The second-order valence-electron chi connectivity index (χ2n) is 7.28. The van der Waals surface area contributed by atoms with Gasteiger partial charge in [0, 0.05) is 23.9 Å². The number of nitrogens with zero attached hydrogens (tertiary/aromatic N) is 2. The number of hydrogen-bond donors (Lipinski definition) is 1. The topological polar surface area (TPSA) is 99.5 Å². The highest BCUT2D eigenvalue weighted by Gasteiger charge is 2.36. The third-order valence-corrected chi connectivity index (χ3v) is 5.55. The molecule has 0 aliphatic carbocycles. The van der Waals surface area contributed by atoms with E-state index in [1.54, 1.807) is 23.8 Å². The molecule has 2 aliphatic heterocycles. The molecule has 7 heteroatoms. The van der Waals surface area contributed by atoms with Gasteiger partial charge in [0.2, 0.25) is 5.88 Å². The van der Waals surface area contributed by atoms with Gasteiger partial charge in [-0.2, -0.15) is 5.26 Å². The number of methoxy groups -OCH3 is 1. The highest BCUT2D eigenvalue weighted by molar-refractivity contribution is 5.58. The van der Waals surface area contributed by atoms with Crippen molar-refractivity contribution >= 4 is 0 Å². The number of benzene rings is 1. The number of fused-ring (bicyclic) bond motifs is 1. The van der Waals surface area contributed by atoms with E-state index in [4.69, 9.17) is 19.9 Å². The Labute approximate surface area is 168 Å². The number of aryl methyl sites for hydroxylation is 1. The van der Waals surface area contributed by atoms with E-state index in [-0.39, 0.29) is 23.1 Å². The molecule has 2 aromatic rings. The Kier molecular flexibility index (Phi) is 5.03. The molecule has 4 rings (SSSR count). The zero-order valence-corrected chi connectivity index (χ0v) is 16.5. The van der Waals surface area contributed by atoms with Crippen molar-refractivity contribution in [3.05, 3.63) is 69.0 Å². The lowest BCUT2D eigenvalue weighted by atomic mass is 9.83. The zero-order chi connectivity index (χ0) is 20.5. The Bertz CT molecular complexity index is 1070. The maximum absolute atomic E-state index is 13.6. The van der Waals surface area contributed by atoms with Gasteiger partial charge >= 0.3 is 0 Å². The quantitative estimate of drug-likeness (QED) is 0.857. The smallest absolute Gasteiger partial charge is 0.258 e. The first-order chi connectivity index (χ1) is 14.0.